The standard InChI is InChI=1S/C29H35ClFN5O3/c1-7-21(37)34-11-12-35-19(14-34)16-39-26-22(28(35)38)27(36-15-18(33(5)6)13-29(36,3)4)32-25(23(26)30)20-10-8-9-17(2)24(20)31/h7-10,18-19H,1,11-16H2,2-6H3/t18-,19-/m1/s1. The number of amides is 2. The molecule has 2 saturated heterocycles. The first-order chi connectivity index (χ1) is 18.4. The van der Waals surface area contributed by atoms with Crippen molar-refractivity contribution in [2.24, 2.45) is 0 Å². The van der Waals surface area contributed by atoms with Gasteiger partial charge in [0.2, 0.25) is 5.91 Å². The van der Waals surface area contributed by atoms with E-state index in [9.17, 15) is 9.59 Å². The van der Waals surface area contributed by atoms with Crippen LogP contribution in [-0.2, 0) is 4.79 Å². The number of aryl methyl sites for hydroxylation is 1. The maximum atomic E-state index is 15.4. The fourth-order valence-corrected chi connectivity index (χ4v) is 6.20. The zero-order valence-electron chi connectivity index (χ0n) is 23.1. The Balaban J connectivity index is 1.69. The quantitative estimate of drug-likeness (QED) is 0.531. The van der Waals surface area contributed by atoms with Gasteiger partial charge in [-0.25, -0.2) is 9.37 Å². The van der Waals surface area contributed by atoms with Crippen molar-refractivity contribution in [3.8, 4) is 17.0 Å². The number of likely N-dealkylation sites (N-methyl/N-ethyl adjacent to an activating group) is 1. The maximum absolute atomic E-state index is 15.4. The molecule has 3 aliphatic rings. The topological polar surface area (TPSA) is 69.2 Å². The van der Waals surface area contributed by atoms with E-state index in [4.69, 9.17) is 21.3 Å². The number of halogens is 2. The van der Waals surface area contributed by atoms with Crippen LogP contribution < -0.4 is 9.64 Å². The minimum atomic E-state index is -0.416. The fraction of sp³-hybridized carbons (Fsp3) is 0.483. The van der Waals surface area contributed by atoms with E-state index < -0.39 is 5.82 Å². The van der Waals surface area contributed by atoms with Crippen LogP contribution in [-0.4, -0.2) is 96.0 Å². The molecule has 39 heavy (non-hydrogen) atoms. The Kier molecular flexibility index (Phi) is 7.09. The molecule has 1 aromatic carbocycles. The number of fused-ring (bicyclic) bond motifs is 2. The summed E-state index contributed by atoms with van der Waals surface area (Å²) in [7, 11) is 4.08. The highest BCUT2D eigenvalue weighted by atomic mass is 35.5. The minimum absolute atomic E-state index is 0.103. The third-order valence-corrected chi connectivity index (χ3v) is 8.58. The van der Waals surface area contributed by atoms with Crippen LogP contribution in [0.4, 0.5) is 10.2 Å². The zero-order chi connectivity index (χ0) is 28.2. The van der Waals surface area contributed by atoms with Crippen molar-refractivity contribution in [2.75, 3.05) is 51.8 Å². The van der Waals surface area contributed by atoms with Crippen LogP contribution in [0.5, 0.6) is 5.75 Å². The van der Waals surface area contributed by atoms with Crippen LogP contribution in [0, 0.1) is 12.7 Å². The van der Waals surface area contributed by atoms with Crippen molar-refractivity contribution in [1.29, 1.82) is 0 Å². The van der Waals surface area contributed by atoms with Gasteiger partial charge in [0.05, 0.1) is 11.7 Å². The Morgan fingerprint density at radius 2 is 2.03 bits per heavy atom. The van der Waals surface area contributed by atoms with E-state index in [0.29, 0.717) is 37.6 Å². The average molecular weight is 556 g/mol. The highest BCUT2D eigenvalue weighted by Gasteiger charge is 2.46. The largest absolute Gasteiger partial charge is 0.489 e. The van der Waals surface area contributed by atoms with Gasteiger partial charge in [0.1, 0.15) is 28.8 Å². The van der Waals surface area contributed by atoms with Crippen LogP contribution in [0.25, 0.3) is 11.3 Å². The van der Waals surface area contributed by atoms with Crippen LogP contribution in [0.1, 0.15) is 36.2 Å². The molecule has 2 atom stereocenters. The van der Waals surface area contributed by atoms with Crippen molar-refractivity contribution in [1.82, 2.24) is 19.7 Å². The summed E-state index contributed by atoms with van der Waals surface area (Å²) in [6, 6.07) is 4.96. The molecule has 0 aliphatic carbocycles. The van der Waals surface area contributed by atoms with Gasteiger partial charge in [-0.1, -0.05) is 30.3 Å². The first-order valence-corrected chi connectivity index (χ1v) is 13.6. The van der Waals surface area contributed by atoms with Gasteiger partial charge in [-0.05, 0) is 59.0 Å². The number of rotatable bonds is 4. The highest BCUT2D eigenvalue weighted by molar-refractivity contribution is 6.35. The van der Waals surface area contributed by atoms with Gasteiger partial charge in [-0.3, -0.25) is 9.59 Å². The summed E-state index contributed by atoms with van der Waals surface area (Å²) in [5.41, 5.74) is 0.915. The summed E-state index contributed by atoms with van der Waals surface area (Å²) in [5, 5.41) is 0.103. The molecule has 0 N–H and O–H groups in total. The number of nitrogens with zero attached hydrogens (tertiary/aromatic N) is 5. The molecule has 0 radical (unpaired) electrons. The van der Waals surface area contributed by atoms with Gasteiger partial charge in [0.25, 0.3) is 5.91 Å². The molecule has 0 spiro atoms. The third kappa shape index (κ3) is 4.65. The fourth-order valence-electron chi connectivity index (χ4n) is 5.91. The van der Waals surface area contributed by atoms with Crippen LogP contribution in [0.3, 0.4) is 0 Å². The van der Waals surface area contributed by atoms with E-state index in [2.05, 4.69) is 30.2 Å². The second kappa shape index (κ2) is 10.1. The van der Waals surface area contributed by atoms with Crippen LogP contribution >= 0.6 is 11.6 Å². The van der Waals surface area contributed by atoms with Crippen molar-refractivity contribution in [3.63, 3.8) is 0 Å². The Morgan fingerprint density at radius 1 is 1.28 bits per heavy atom. The monoisotopic (exact) mass is 555 g/mol. The zero-order valence-corrected chi connectivity index (χ0v) is 23.9. The number of ether oxygens (including phenoxy) is 1. The highest BCUT2D eigenvalue weighted by Crippen LogP contribution is 2.47. The summed E-state index contributed by atoms with van der Waals surface area (Å²) in [6.45, 7) is 11.4. The SMILES string of the molecule is C=CC(=O)N1CCN2C(=O)c3c(N4C[C@H](N(C)C)CC4(C)C)nc(-c4cccc(C)c4F)c(Cl)c3OC[C@H]2C1. The molecular weight excluding hydrogens is 521 g/mol. The molecule has 2 aromatic rings. The van der Waals surface area contributed by atoms with E-state index in [1.54, 1.807) is 34.9 Å². The Morgan fingerprint density at radius 3 is 2.69 bits per heavy atom. The van der Waals surface area contributed by atoms with Crippen molar-refractivity contribution in [2.45, 2.75) is 44.8 Å². The van der Waals surface area contributed by atoms with Crippen molar-refractivity contribution >= 4 is 29.2 Å². The normalized spacial score (nSPS) is 22.4. The number of carbonyl (C=O) groups is 2. The molecule has 8 nitrogen and oxygen atoms in total. The number of aromatic nitrogens is 1. The maximum Gasteiger partial charge on any atom is 0.261 e. The molecule has 1 aromatic heterocycles. The molecule has 4 heterocycles. The lowest BCUT2D eigenvalue weighted by atomic mass is 9.98. The summed E-state index contributed by atoms with van der Waals surface area (Å²) in [4.78, 5) is 39.2. The van der Waals surface area contributed by atoms with Crippen molar-refractivity contribution < 1.29 is 18.7 Å². The van der Waals surface area contributed by atoms with E-state index in [1.807, 2.05) is 14.1 Å². The Hall–Kier alpha value is -3.17. The van der Waals surface area contributed by atoms with Gasteiger partial charge in [0.15, 0.2) is 5.75 Å². The molecule has 0 bridgehead atoms. The third-order valence-electron chi connectivity index (χ3n) is 8.23. The summed E-state index contributed by atoms with van der Waals surface area (Å²) in [5.74, 6) is -0.198. The minimum Gasteiger partial charge on any atom is -0.489 e. The number of pyridine rings is 1. The van der Waals surface area contributed by atoms with Crippen molar-refractivity contribution in [3.05, 3.63) is 52.8 Å². The Labute approximate surface area is 234 Å². The van der Waals surface area contributed by atoms with E-state index >= 15 is 4.39 Å². The number of benzene rings is 1. The van der Waals surface area contributed by atoms with E-state index in [-0.39, 0.29) is 63.6 Å². The molecule has 0 saturated carbocycles. The molecular formula is C29H35ClFN5O3. The predicted molar refractivity (Wildman–Crippen MR) is 150 cm³/mol. The summed E-state index contributed by atoms with van der Waals surface area (Å²) >= 11 is 6.92. The predicted octanol–water partition coefficient (Wildman–Crippen LogP) is 4.00. The molecule has 5 rings (SSSR count). The van der Waals surface area contributed by atoms with Gasteiger partial charge in [-0.2, -0.15) is 0 Å². The number of piperazine rings is 1. The summed E-state index contributed by atoms with van der Waals surface area (Å²) in [6.07, 6.45) is 2.13. The number of hydrogen-bond acceptors (Lipinski definition) is 6. The second-order valence-electron chi connectivity index (χ2n) is 11.4. The average Bonchev–Trinajstić information content (AvgIpc) is 3.15. The Bertz CT molecular complexity index is 1350. The first kappa shape index (κ1) is 27.4. The van der Waals surface area contributed by atoms with E-state index in [0.717, 1.165) is 6.42 Å². The van der Waals surface area contributed by atoms with E-state index in [1.165, 1.54) is 6.08 Å². The van der Waals surface area contributed by atoms with Crippen LogP contribution in [0.15, 0.2) is 30.9 Å². The molecule has 0 unspecified atom stereocenters. The first-order valence-electron chi connectivity index (χ1n) is 13.2. The molecule has 2 amide bonds. The second-order valence-corrected chi connectivity index (χ2v) is 11.8. The molecule has 10 heteroatoms. The summed E-state index contributed by atoms with van der Waals surface area (Å²) < 4.78 is 21.7. The molecule has 3 aliphatic heterocycles. The van der Waals surface area contributed by atoms with Gasteiger partial charge < -0.3 is 24.3 Å². The molecule has 2 fully saturated rings. The van der Waals surface area contributed by atoms with Crippen LogP contribution in [0.2, 0.25) is 5.02 Å². The van der Waals surface area contributed by atoms with Gasteiger partial charge >= 0.3 is 0 Å². The number of hydrogen-bond donors (Lipinski definition) is 0. The smallest absolute Gasteiger partial charge is 0.261 e. The number of anilines is 1. The lowest BCUT2D eigenvalue weighted by Gasteiger charge is -2.40. The van der Waals surface area contributed by atoms with Gasteiger partial charge in [0, 0.05) is 43.3 Å². The van der Waals surface area contributed by atoms with Gasteiger partial charge in [-0.15, -0.1) is 0 Å². The lowest BCUT2D eigenvalue weighted by molar-refractivity contribution is -0.128. The molecule has 208 valence electrons. The number of carbonyl (C=O) groups excluding carboxylic acids is 2. The lowest BCUT2D eigenvalue weighted by Crippen LogP contribution is -2.57.